The van der Waals surface area contributed by atoms with Crippen LogP contribution in [0.25, 0.3) is 0 Å². The van der Waals surface area contributed by atoms with Gasteiger partial charge in [-0.15, -0.1) is 0 Å². The smallest absolute Gasteiger partial charge is 0.306 e. The Kier molecular flexibility index (Phi) is 3.32. The zero-order valence-electron chi connectivity index (χ0n) is 9.87. The fourth-order valence-corrected chi connectivity index (χ4v) is 3.58. The van der Waals surface area contributed by atoms with Gasteiger partial charge in [-0.25, -0.2) is 0 Å². The van der Waals surface area contributed by atoms with Crippen molar-refractivity contribution in [2.45, 2.75) is 46.0 Å². The highest BCUT2D eigenvalue weighted by atomic mass is 16.5. The second kappa shape index (κ2) is 4.54. The van der Waals surface area contributed by atoms with E-state index in [0.717, 1.165) is 17.8 Å². The predicted octanol–water partition coefficient (Wildman–Crippen LogP) is 3.01. The van der Waals surface area contributed by atoms with E-state index in [2.05, 4.69) is 6.92 Å². The quantitative estimate of drug-likeness (QED) is 0.669. The molecule has 0 aromatic carbocycles. The Bertz CT molecular complexity index is 223. The summed E-state index contributed by atoms with van der Waals surface area (Å²) in [7, 11) is 0. The molecule has 2 aliphatic rings. The predicted molar refractivity (Wildman–Crippen MR) is 59.4 cm³/mol. The van der Waals surface area contributed by atoms with Crippen molar-refractivity contribution in [1.82, 2.24) is 0 Å². The molecule has 0 aromatic heterocycles. The van der Waals surface area contributed by atoms with E-state index in [0.29, 0.717) is 18.9 Å². The molecule has 15 heavy (non-hydrogen) atoms. The molecular formula is C13H22O2. The van der Waals surface area contributed by atoms with E-state index in [1.54, 1.807) is 0 Å². The zero-order valence-corrected chi connectivity index (χ0v) is 9.87. The van der Waals surface area contributed by atoms with Crippen LogP contribution in [0, 0.1) is 23.7 Å². The largest absolute Gasteiger partial charge is 0.466 e. The molecule has 0 amide bonds. The molecule has 0 N–H and O–H groups in total. The number of rotatable bonds is 3. The van der Waals surface area contributed by atoms with Crippen LogP contribution in [0.2, 0.25) is 0 Å². The number of carbonyl (C=O) groups is 1. The van der Waals surface area contributed by atoms with Crippen LogP contribution in [0.1, 0.15) is 46.0 Å². The summed E-state index contributed by atoms with van der Waals surface area (Å²) >= 11 is 0. The monoisotopic (exact) mass is 210 g/mol. The average Bonchev–Trinajstić information content (AvgIpc) is 2.43. The first kappa shape index (κ1) is 11.0. The molecule has 0 aliphatic heterocycles. The summed E-state index contributed by atoms with van der Waals surface area (Å²) in [6, 6.07) is 0. The molecule has 2 nitrogen and oxygen atoms in total. The zero-order chi connectivity index (χ0) is 10.8. The minimum atomic E-state index is 0.0106. The maximum absolute atomic E-state index is 11.4. The Balaban J connectivity index is 1.84. The highest BCUT2D eigenvalue weighted by Gasteiger charge is 2.40. The second-order valence-corrected chi connectivity index (χ2v) is 5.30. The van der Waals surface area contributed by atoms with E-state index < -0.39 is 0 Å². The second-order valence-electron chi connectivity index (χ2n) is 5.30. The Morgan fingerprint density at radius 1 is 1.27 bits per heavy atom. The van der Waals surface area contributed by atoms with Gasteiger partial charge in [-0.3, -0.25) is 4.79 Å². The molecule has 4 atom stereocenters. The maximum Gasteiger partial charge on any atom is 0.306 e. The van der Waals surface area contributed by atoms with Gasteiger partial charge in [0.25, 0.3) is 0 Å². The summed E-state index contributed by atoms with van der Waals surface area (Å²) < 4.78 is 5.02. The van der Waals surface area contributed by atoms with Gasteiger partial charge >= 0.3 is 5.97 Å². The van der Waals surface area contributed by atoms with Crippen molar-refractivity contribution in [3.63, 3.8) is 0 Å². The van der Waals surface area contributed by atoms with Gasteiger partial charge in [-0.2, -0.15) is 0 Å². The van der Waals surface area contributed by atoms with Gasteiger partial charge in [0.05, 0.1) is 6.61 Å². The van der Waals surface area contributed by atoms with E-state index >= 15 is 0 Å². The fourth-order valence-electron chi connectivity index (χ4n) is 3.58. The lowest BCUT2D eigenvalue weighted by Gasteiger charge is -2.32. The number of carbonyl (C=O) groups excluding carboxylic acids is 1. The summed E-state index contributed by atoms with van der Waals surface area (Å²) in [5.41, 5.74) is 0. The molecule has 0 spiro atoms. The van der Waals surface area contributed by atoms with Crippen LogP contribution in [0.15, 0.2) is 0 Å². The molecule has 0 aromatic rings. The first-order valence-corrected chi connectivity index (χ1v) is 6.36. The lowest BCUT2D eigenvalue weighted by atomic mass is 9.73. The van der Waals surface area contributed by atoms with E-state index in [1.165, 1.54) is 25.7 Å². The van der Waals surface area contributed by atoms with Gasteiger partial charge < -0.3 is 4.74 Å². The summed E-state index contributed by atoms with van der Waals surface area (Å²) in [5.74, 6) is 3.31. The lowest BCUT2D eigenvalue weighted by Crippen LogP contribution is -2.26. The van der Waals surface area contributed by atoms with Crippen LogP contribution in [0.5, 0.6) is 0 Å². The summed E-state index contributed by atoms with van der Waals surface area (Å²) in [5, 5.41) is 0. The molecule has 2 unspecified atom stereocenters. The van der Waals surface area contributed by atoms with Crippen molar-refractivity contribution in [2.75, 3.05) is 6.61 Å². The molecule has 2 rings (SSSR count). The van der Waals surface area contributed by atoms with E-state index in [9.17, 15) is 4.79 Å². The fraction of sp³-hybridized carbons (Fsp3) is 0.923. The minimum Gasteiger partial charge on any atom is -0.466 e. The molecule has 86 valence electrons. The van der Waals surface area contributed by atoms with Gasteiger partial charge in [-0.05, 0) is 56.3 Å². The van der Waals surface area contributed by atoms with Crippen molar-refractivity contribution in [3.05, 3.63) is 0 Å². The summed E-state index contributed by atoms with van der Waals surface area (Å²) in [4.78, 5) is 11.4. The van der Waals surface area contributed by atoms with E-state index in [-0.39, 0.29) is 5.97 Å². The first-order chi connectivity index (χ1) is 7.20. The van der Waals surface area contributed by atoms with Gasteiger partial charge in [0.2, 0.25) is 0 Å². The molecule has 0 heterocycles. The Morgan fingerprint density at radius 2 is 1.87 bits per heavy atom. The standard InChI is InChI=1S/C13H22O2/c1-3-15-13(14)8-10-6-11-4-5-12(7-10)9(11)2/h9-12H,3-8H2,1-2H3/t9?,10?,11-,12+. The van der Waals surface area contributed by atoms with Gasteiger partial charge in [0.15, 0.2) is 0 Å². The van der Waals surface area contributed by atoms with Crippen LogP contribution in [0.3, 0.4) is 0 Å². The van der Waals surface area contributed by atoms with Crippen LogP contribution in [-0.4, -0.2) is 12.6 Å². The van der Waals surface area contributed by atoms with Crippen LogP contribution >= 0.6 is 0 Å². The number of esters is 1. The number of hydrogen-bond donors (Lipinski definition) is 0. The normalized spacial score (nSPS) is 39.1. The highest BCUT2D eigenvalue weighted by molar-refractivity contribution is 5.69. The maximum atomic E-state index is 11.4. The minimum absolute atomic E-state index is 0.0106. The highest BCUT2D eigenvalue weighted by Crippen LogP contribution is 2.49. The third kappa shape index (κ3) is 2.35. The summed E-state index contributed by atoms with van der Waals surface area (Å²) in [6.07, 6.45) is 5.97. The third-order valence-electron chi connectivity index (χ3n) is 4.43. The molecular weight excluding hydrogens is 188 g/mol. The number of hydrogen-bond acceptors (Lipinski definition) is 2. The van der Waals surface area contributed by atoms with Crippen LogP contribution in [0.4, 0.5) is 0 Å². The molecule has 0 saturated heterocycles. The topological polar surface area (TPSA) is 26.3 Å². The Morgan fingerprint density at radius 3 is 2.40 bits per heavy atom. The van der Waals surface area contributed by atoms with Crippen molar-refractivity contribution in [3.8, 4) is 0 Å². The number of ether oxygens (including phenoxy) is 1. The van der Waals surface area contributed by atoms with Crippen molar-refractivity contribution >= 4 is 5.97 Å². The molecule has 2 saturated carbocycles. The van der Waals surface area contributed by atoms with Crippen LogP contribution < -0.4 is 0 Å². The Hall–Kier alpha value is -0.530. The van der Waals surface area contributed by atoms with Gasteiger partial charge in [0.1, 0.15) is 0 Å². The lowest BCUT2D eigenvalue weighted by molar-refractivity contribution is -0.144. The van der Waals surface area contributed by atoms with Crippen LogP contribution in [-0.2, 0) is 9.53 Å². The molecule has 2 bridgehead atoms. The number of fused-ring (bicyclic) bond motifs is 2. The molecule has 2 aliphatic carbocycles. The first-order valence-electron chi connectivity index (χ1n) is 6.36. The van der Waals surface area contributed by atoms with Gasteiger partial charge in [0, 0.05) is 6.42 Å². The molecule has 0 radical (unpaired) electrons. The van der Waals surface area contributed by atoms with Crippen molar-refractivity contribution < 1.29 is 9.53 Å². The van der Waals surface area contributed by atoms with E-state index in [4.69, 9.17) is 4.74 Å². The van der Waals surface area contributed by atoms with Crippen molar-refractivity contribution in [1.29, 1.82) is 0 Å². The molecule has 2 fully saturated rings. The SMILES string of the molecule is CCOC(=O)CC1C[C@H]2CC[C@@H](C1)C2C. The molecule has 2 heteroatoms. The average molecular weight is 210 g/mol. The van der Waals surface area contributed by atoms with E-state index in [1.807, 2.05) is 6.92 Å². The summed E-state index contributed by atoms with van der Waals surface area (Å²) in [6.45, 7) is 4.79. The Labute approximate surface area is 92.4 Å². The van der Waals surface area contributed by atoms with Crippen molar-refractivity contribution in [2.24, 2.45) is 23.7 Å². The van der Waals surface area contributed by atoms with Gasteiger partial charge in [-0.1, -0.05) is 6.92 Å². The third-order valence-corrected chi connectivity index (χ3v) is 4.43.